The van der Waals surface area contributed by atoms with Gasteiger partial charge in [-0.2, -0.15) is 0 Å². The molecule has 2 nitrogen and oxygen atoms in total. The van der Waals surface area contributed by atoms with Gasteiger partial charge in [0.2, 0.25) is 0 Å². The maximum atomic E-state index is 13.0. The molecule has 1 aromatic heterocycles. The SMILES string of the molecule is Fc1ccc(Oc2cnc3c(Cl)cccc3c2)c(Br)c1. The van der Waals surface area contributed by atoms with Gasteiger partial charge in [-0.25, -0.2) is 4.39 Å². The average molecular weight is 353 g/mol. The maximum absolute atomic E-state index is 13.0. The van der Waals surface area contributed by atoms with E-state index in [9.17, 15) is 4.39 Å². The van der Waals surface area contributed by atoms with Crippen molar-refractivity contribution >= 4 is 38.4 Å². The fraction of sp³-hybridized carbons (Fsp3) is 0. The number of benzene rings is 2. The Kier molecular flexibility index (Phi) is 3.59. The van der Waals surface area contributed by atoms with Crippen LogP contribution in [0.5, 0.6) is 11.5 Å². The number of para-hydroxylation sites is 1. The van der Waals surface area contributed by atoms with Crippen LogP contribution in [-0.2, 0) is 0 Å². The van der Waals surface area contributed by atoms with E-state index >= 15 is 0 Å². The minimum atomic E-state index is -0.326. The molecule has 5 heteroatoms. The summed E-state index contributed by atoms with van der Waals surface area (Å²) in [6.45, 7) is 0. The van der Waals surface area contributed by atoms with E-state index in [1.54, 1.807) is 18.3 Å². The van der Waals surface area contributed by atoms with Gasteiger partial charge in [-0.1, -0.05) is 23.7 Å². The van der Waals surface area contributed by atoms with Crippen molar-refractivity contribution in [3.63, 3.8) is 0 Å². The third kappa shape index (κ3) is 2.62. The zero-order valence-corrected chi connectivity index (χ0v) is 12.5. The van der Waals surface area contributed by atoms with Gasteiger partial charge in [0, 0.05) is 5.39 Å². The summed E-state index contributed by atoms with van der Waals surface area (Å²) < 4.78 is 19.3. The molecule has 1 heterocycles. The van der Waals surface area contributed by atoms with E-state index in [1.165, 1.54) is 12.1 Å². The molecule has 0 atom stereocenters. The number of hydrogen-bond donors (Lipinski definition) is 0. The third-order valence-electron chi connectivity index (χ3n) is 2.76. The zero-order chi connectivity index (χ0) is 14.1. The van der Waals surface area contributed by atoms with Crippen molar-refractivity contribution in [1.82, 2.24) is 4.98 Å². The van der Waals surface area contributed by atoms with Crippen molar-refractivity contribution in [3.05, 3.63) is 64.0 Å². The molecule has 3 rings (SSSR count). The topological polar surface area (TPSA) is 22.1 Å². The molecule has 100 valence electrons. The van der Waals surface area contributed by atoms with Crippen molar-refractivity contribution in [2.75, 3.05) is 0 Å². The Bertz CT molecular complexity index is 794. The van der Waals surface area contributed by atoms with Crippen molar-refractivity contribution in [2.45, 2.75) is 0 Å². The minimum Gasteiger partial charge on any atom is -0.455 e. The van der Waals surface area contributed by atoms with E-state index in [2.05, 4.69) is 20.9 Å². The lowest BCUT2D eigenvalue weighted by molar-refractivity contribution is 0.476. The molecule has 0 bridgehead atoms. The van der Waals surface area contributed by atoms with Crippen LogP contribution in [0.15, 0.2) is 53.1 Å². The number of aromatic nitrogens is 1. The zero-order valence-electron chi connectivity index (χ0n) is 10.1. The molecule has 3 aromatic rings. The standard InChI is InChI=1S/C15H8BrClFNO/c16-12-7-10(18)4-5-14(12)20-11-6-9-2-1-3-13(17)15(9)19-8-11/h1-8H. The summed E-state index contributed by atoms with van der Waals surface area (Å²) in [6, 6.07) is 11.6. The molecule has 0 aliphatic heterocycles. The molecule has 0 saturated carbocycles. The number of ether oxygens (including phenoxy) is 1. The lowest BCUT2D eigenvalue weighted by atomic mass is 10.2. The van der Waals surface area contributed by atoms with E-state index in [4.69, 9.17) is 16.3 Å². The van der Waals surface area contributed by atoms with Crippen LogP contribution in [0.1, 0.15) is 0 Å². The van der Waals surface area contributed by atoms with Crippen LogP contribution in [0, 0.1) is 5.82 Å². The molecular weight excluding hydrogens is 345 g/mol. The average Bonchev–Trinajstić information content (AvgIpc) is 2.42. The molecule has 2 aromatic carbocycles. The molecule has 20 heavy (non-hydrogen) atoms. The quantitative estimate of drug-likeness (QED) is 0.600. The highest BCUT2D eigenvalue weighted by atomic mass is 79.9. The van der Waals surface area contributed by atoms with Gasteiger partial charge >= 0.3 is 0 Å². The van der Waals surface area contributed by atoms with E-state index in [0.29, 0.717) is 21.0 Å². The summed E-state index contributed by atoms with van der Waals surface area (Å²) in [4.78, 5) is 4.28. The van der Waals surface area contributed by atoms with E-state index in [0.717, 1.165) is 10.9 Å². The number of halogens is 3. The summed E-state index contributed by atoms with van der Waals surface area (Å²) in [7, 11) is 0. The highest BCUT2D eigenvalue weighted by Crippen LogP contribution is 2.32. The molecule has 0 spiro atoms. The number of rotatable bonds is 2. The Morgan fingerprint density at radius 2 is 2.00 bits per heavy atom. The Labute approximate surface area is 128 Å². The predicted octanol–water partition coefficient (Wildman–Crippen LogP) is 5.58. The van der Waals surface area contributed by atoms with E-state index in [-0.39, 0.29) is 5.82 Å². The Hall–Kier alpha value is -1.65. The second kappa shape index (κ2) is 5.38. The lowest BCUT2D eigenvalue weighted by Crippen LogP contribution is -1.88. The minimum absolute atomic E-state index is 0.326. The van der Waals surface area contributed by atoms with Gasteiger partial charge in [0.1, 0.15) is 17.3 Å². The first-order valence-corrected chi connectivity index (χ1v) is 6.98. The lowest BCUT2D eigenvalue weighted by Gasteiger charge is -2.08. The third-order valence-corrected chi connectivity index (χ3v) is 3.68. The molecule has 0 unspecified atom stereocenters. The van der Waals surface area contributed by atoms with Gasteiger partial charge in [0.25, 0.3) is 0 Å². The molecule has 0 radical (unpaired) electrons. The summed E-state index contributed by atoms with van der Waals surface area (Å²) in [5.74, 6) is 0.759. The van der Waals surface area contributed by atoms with Crippen LogP contribution < -0.4 is 4.74 Å². The Morgan fingerprint density at radius 1 is 1.15 bits per heavy atom. The van der Waals surface area contributed by atoms with Gasteiger partial charge in [0.05, 0.1) is 21.2 Å². The van der Waals surface area contributed by atoms with Gasteiger partial charge in [-0.15, -0.1) is 0 Å². The number of fused-ring (bicyclic) bond motifs is 1. The summed E-state index contributed by atoms with van der Waals surface area (Å²) >= 11 is 9.32. The fourth-order valence-corrected chi connectivity index (χ4v) is 2.51. The van der Waals surface area contributed by atoms with Crippen LogP contribution >= 0.6 is 27.5 Å². The van der Waals surface area contributed by atoms with Crippen LogP contribution in [0.3, 0.4) is 0 Å². The van der Waals surface area contributed by atoms with Crippen LogP contribution in [0.25, 0.3) is 10.9 Å². The normalized spacial score (nSPS) is 10.8. The molecule has 0 fully saturated rings. The molecule has 0 N–H and O–H groups in total. The second-order valence-electron chi connectivity index (χ2n) is 4.16. The molecule has 0 amide bonds. The summed E-state index contributed by atoms with van der Waals surface area (Å²) in [5.41, 5.74) is 0.722. The number of hydrogen-bond acceptors (Lipinski definition) is 2. The number of nitrogens with zero attached hydrogens (tertiary/aromatic N) is 1. The number of pyridine rings is 1. The van der Waals surface area contributed by atoms with E-state index in [1.807, 2.05) is 18.2 Å². The first kappa shape index (κ1) is 13.3. The van der Waals surface area contributed by atoms with Crippen molar-refractivity contribution < 1.29 is 9.13 Å². The van der Waals surface area contributed by atoms with Gasteiger partial charge < -0.3 is 4.74 Å². The summed E-state index contributed by atoms with van der Waals surface area (Å²) in [6.07, 6.45) is 1.59. The summed E-state index contributed by atoms with van der Waals surface area (Å²) in [5, 5.41) is 1.48. The second-order valence-corrected chi connectivity index (χ2v) is 5.42. The first-order valence-electron chi connectivity index (χ1n) is 5.81. The monoisotopic (exact) mass is 351 g/mol. The molecule has 0 aliphatic rings. The van der Waals surface area contributed by atoms with Crippen molar-refractivity contribution in [2.24, 2.45) is 0 Å². The van der Waals surface area contributed by atoms with E-state index < -0.39 is 0 Å². The van der Waals surface area contributed by atoms with Gasteiger partial charge in [-0.05, 0) is 46.3 Å². The molecular formula is C15H8BrClFNO. The van der Waals surface area contributed by atoms with Crippen LogP contribution in [-0.4, -0.2) is 4.98 Å². The smallest absolute Gasteiger partial charge is 0.146 e. The molecule has 0 aliphatic carbocycles. The Balaban J connectivity index is 1.99. The fourth-order valence-electron chi connectivity index (χ4n) is 1.84. The van der Waals surface area contributed by atoms with Crippen LogP contribution in [0.2, 0.25) is 5.02 Å². The molecule has 0 saturated heterocycles. The van der Waals surface area contributed by atoms with Gasteiger partial charge in [0.15, 0.2) is 0 Å². The van der Waals surface area contributed by atoms with Gasteiger partial charge in [-0.3, -0.25) is 4.98 Å². The predicted molar refractivity (Wildman–Crippen MR) is 80.9 cm³/mol. The maximum Gasteiger partial charge on any atom is 0.146 e. The first-order chi connectivity index (χ1) is 9.63. The van der Waals surface area contributed by atoms with Crippen molar-refractivity contribution in [1.29, 1.82) is 0 Å². The largest absolute Gasteiger partial charge is 0.455 e. The van der Waals surface area contributed by atoms with Crippen LogP contribution in [0.4, 0.5) is 4.39 Å². The Morgan fingerprint density at radius 3 is 2.80 bits per heavy atom. The highest BCUT2D eigenvalue weighted by Gasteiger charge is 2.06. The van der Waals surface area contributed by atoms with Crippen molar-refractivity contribution in [3.8, 4) is 11.5 Å². The highest BCUT2D eigenvalue weighted by molar-refractivity contribution is 9.10.